The number of halogens is 1. The second-order valence-corrected chi connectivity index (χ2v) is 5.61. The first-order chi connectivity index (χ1) is 12.2. The molecule has 0 aliphatic heterocycles. The highest BCUT2D eigenvalue weighted by atomic mass is 19.1. The number of hydrazine groups is 1. The highest BCUT2D eigenvalue weighted by molar-refractivity contribution is 6.05. The molecule has 0 spiro atoms. The largest absolute Gasteiger partial charge is 0.308 e. The fourth-order valence-corrected chi connectivity index (χ4v) is 2.85. The zero-order valence-corrected chi connectivity index (χ0v) is 14.0. The molecule has 0 saturated carbocycles. The number of nitrogens with one attached hydrogen (secondary N) is 1. The van der Waals surface area contributed by atoms with Crippen molar-refractivity contribution in [2.24, 2.45) is 10.8 Å². The molecular formula is C21H20FN3. The first-order valence-corrected chi connectivity index (χ1v) is 8.22. The van der Waals surface area contributed by atoms with Crippen molar-refractivity contribution < 1.29 is 4.39 Å². The third-order valence-electron chi connectivity index (χ3n) is 4.09. The van der Waals surface area contributed by atoms with E-state index in [4.69, 9.17) is 5.84 Å². The Kier molecular flexibility index (Phi) is 5.21. The Hall–Kier alpha value is -2.98. The van der Waals surface area contributed by atoms with Crippen molar-refractivity contribution in [1.82, 2.24) is 5.43 Å². The van der Waals surface area contributed by atoms with Crippen LogP contribution in [-0.4, -0.2) is 5.84 Å². The summed E-state index contributed by atoms with van der Waals surface area (Å²) in [5.41, 5.74) is 7.06. The summed E-state index contributed by atoms with van der Waals surface area (Å²) in [7, 11) is 0. The normalized spacial score (nSPS) is 11.4. The lowest BCUT2D eigenvalue weighted by Gasteiger charge is -2.14. The second-order valence-electron chi connectivity index (χ2n) is 5.61. The molecule has 0 bridgehead atoms. The summed E-state index contributed by atoms with van der Waals surface area (Å²) in [6.07, 6.45) is 0.917. The van der Waals surface area contributed by atoms with Gasteiger partial charge in [0, 0.05) is 5.56 Å². The minimum Gasteiger partial charge on any atom is -0.308 e. The maximum absolute atomic E-state index is 14.0. The summed E-state index contributed by atoms with van der Waals surface area (Å²) in [5, 5.41) is 0. The molecule has 0 saturated heterocycles. The van der Waals surface area contributed by atoms with Gasteiger partial charge >= 0.3 is 0 Å². The van der Waals surface area contributed by atoms with Crippen LogP contribution in [0.1, 0.15) is 18.1 Å². The molecule has 0 fully saturated rings. The summed E-state index contributed by atoms with van der Waals surface area (Å²) in [6.45, 7) is 2.12. The number of aryl methyl sites for hydroxylation is 1. The number of nitrogens with zero attached hydrogens (tertiary/aromatic N) is 1. The summed E-state index contributed by atoms with van der Waals surface area (Å²) in [4.78, 5) is 4.39. The Bertz CT molecular complexity index is 903. The molecule has 3 aromatic carbocycles. The molecule has 25 heavy (non-hydrogen) atoms. The predicted octanol–water partition coefficient (Wildman–Crippen LogP) is 4.60. The van der Waals surface area contributed by atoms with E-state index in [0.717, 1.165) is 23.1 Å². The Labute approximate surface area is 147 Å². The predicted molar refractivity (Wildman–Crippen MR) is 101 cm³/mol. The molecule has 126 valence electrons. The van der Waals surface area contributed by atoms with Crippen molar-refractivity contribution in [3.63, 3.8) is 0 Å². The number of rotatable bonds is 4. The van der Waals surface area contributed by atoms with E-state index in [-0.39, 0.29) is 11.5 Å². The molecular weight excluding hydrogens is 313 g/mol. The molecule has 3 N–H and O–H groups in total. The van der Waals surface area contributed by atoms with Gasteiger partial charge in [-0.2, -0.15) is 0 Å². The number of nitrogens with two attached hydrogens (primary N) is 1. The maximum Gasteiger partial charge on any atom is 0.148 e. The van der Waals surface area contributed by atoms with Gasteiger partial charge in [0.05, 0.1) is 0 Å². The van der Waals surface area contributed by atoms with E-state index in [1.165, 1.54) is 11.6 Å². The number of aliphatic imine (C=N–C) groups is 1. The SMILES string of the molecule is CCc1ccccc1-c1ccccc1C(=Nc1ccccc1F)NN. The fourth-order valence-electron chi connectivity index (χ4n) is 2.85. The molecule has 0 heterocycles. The Balaban J connectivity index is 2.16. The van der Waals surface area contributed by atoms with Gasteiger partial charge in [-0.1, -0.05) is 67.6 Å². The third kappa shape index (κ3) is 3.59. The number of hydrogen-bond donors (Lipinski definition) is 2. The van der Waals surface area contributed by atoms with E-state index >= 15 is 0 Å². The lowest BCUT2D eigenvalue weighted by Crippen LogP contribution is -2.31. The summed E-state index contributed by atoms with van der Waals surface area (Å²) in [6, 6.07) is 22.5. The fraction of sp³-hybridized carbons (Fsp3) is 0.0952. The summed E-state index contributed by atoms with van der Waals surface area (Å²) >= 11 is 0. The van der Waals surface area contributed by atoms with Gasteiger partial charge in [0.15, 0.2) is 0 Å². The van der Waals surface area contributed by atoms with Crippen LogP contribution in [0.2, 0.25) is 0 Å². The van der Waals surface area contributed by atoms with Crippen molar-refractivity contribution >= 4 is 11.5 Å². The number of amidine groups is 1. The van der Waals surface area contributed by atoms with Gasteiger partial charge < -0.3 is 5.43 Å². The van der Waals surface area contributed by atoms with Crippen LogP contribution < -0.4 is 11.3 Å². The van der Waals surface area contributed by atoms with Crippen molar-refractivity contribution in [1.29, 1.82) is 0 Å². The molecule has 0 atom stereocenters. The highest BCUT2D eigenvalue weighted by Gasteiger charge is 2.13. The standard InChI is InChI=1S/C21H20FN3/c1-2-15-9-3-4-10-16(15)17-11-5-6-12-18(17)21(25-23)24-20-14-8-7-13-19(20)22/h3-14H,2,23H2,1H3,(H,24,25). The minimum atomic E-state index is -0.387. The quantitative estimate of drug-likeness (QED) is 0.317. The Morgan fingerprint density at radius 3 is 2.28 bits per heavy atom. The van der Waals surface area contributed by atoms with E-state index in [1.807, 2.05) is 36.4 Å². The Morgan fingerprint density at radius 1 is 0.920 bits per heavy atom. The molecule has 0 radical (unpaired) electrons. The number of benzene rings is 3. The molecule has 0 unspecified atom stereocenters. The monoisotopic (exact) mass is 333 g/mol. The van der Waals surface area contributed by atoms with Crippen LogP contribution in [0.4, 0.5) is 10.1 Å². The zero-order chi connectivity index (χ0) is 17.6. The van der Waals surface area contributed by atoms with Crippen LogP contribution in [0.25, 0.3) is 11.1 Å². The van der Waals surface area contributed by atoms with Crippen LogP contribution in [0.15, 0.2) is 77.8 Å². The molecule has 4 heteroatoms. The zero-order valence-electron chi connectivity index (χ0n) is 14.0. The van der Waals surface area contributed by atoms with Crippen LogP contribution in [-0.2, 0) is 6.42 Å². The molecule has 3 aromatic rings. The second kappa shape index (κ2) is 7.73. The highest BCUT2D eigenvalue weighted by Crippen LogP contribution is 2.28. The van der Waals surface area contributed by atoms with E-state index in [9.17, 15) is 4.39 Å². The van der Waals surface area contributed by atoms with Crippen molar-refractivity contribution in [3.8, 4) is 11.1 Å². The van der Waals surface area contributed by atoms with Crippen molar-refractivity contribution in [3.05, 3.63) is 89.7 Å². The first-order valence-electron chi connectivity index (χ1n) is 8.22. The van der Waals surface area contributed by atoms with Gasteiger partial charge in [0.25, 0.3) is 0 Å². The van der Waals surface area contributed by atoms with Crippen LogP contribution >= 0.6 is 0 Å². The topological polar surface area (TPSA) is 50.4 Å². The van der Waals surface area contributed by atoms with Crippen LogP contribution in [0.5, 0.6) is 0 Å². The van der Waals surface area contributed by atoms with Gasteiger partial charge in [0.1, 0.15) is 17.3 Å². The number of hydrogen-bond acceptors (Lipinski definition) is 2. The van der Waals surface area contributed by atoms with E-state index in [0.29, 0.717) is 5.84 Å². The van der Waals surface area contributed by atoms with Crippen molar-refractivity contribution in [2.75, 3.05) is 0 Å². The number of para-hydroxylation sites is 1. The molecule has 3 nitrogen and oxygen atoms in total. The van der Waals surface area contributed by atoms with Crippen molar-refractivity contribution in [2.45, 2.75) is 13.3 Å². The van der Waals surface area contributed by atoms with Gasteiger partial charge in [-0.25, -0.2) is 15.2 Å². The molecule has 0 amide bonds. The van der Waals surface area contributed by atoms with Gasteiger partial charge in [-0.3, -0.25) is 0 Å². The van der Waals surface area contributed by atoms with Gasteiger partial charge in [-0.15, -0.1) is 0 Å². The van der Waals surface area contributed by atoms with E-state index in [2.05, 4.69) is 29.5 Å². The van der Waals surface area contributed by atoms with Crippen LogP contribution in [0.3, 0.4) is 0 Å². The van der Waals surface area contributed by atoms with Crippen LogP contribution in [0, 0.1) is 5.82 Å². The lowest BCUT2D eigenvalue weighted by atomic mass is 9.94. The molecule has 0 aromatic heterocycles. The summed E-state index contributed by atoms with van der Waals surface area (Å²) in [5.74, 6) is 5.75. The van der Waals surface area contributed by atoms with Gasteiger partial charge in [-0.05, 0) is 35.2 Å². The third-order valence-corrected chi connectivity index (χ3v) is 4.09. The smallest absolute Gasteiger partial charge is 0.148 e. The van der Waals surface area contributed by atoms with Gasteiger partial charge in [0.2, 0.25) is 0 Å². The average Bonchev–Trinajstić information content (AvgIpc) is 2.67. The lowest BCUT2D eigenvalue weighted by molar-refractivity contribution is 0.630. The molecule has 0 aliphatic rings. The average molecular weight is 333 g/mol. The van der Waals surface area contributed by atoms with E-state index < -0.39 is 0 Å². The molecule has 0 aliphatic carbocycles. The first kappa shape index (κ1) is 16.9. The minimum absolute atomic E-state index is 0.244. The maximum atomic E-state index is 14.0. The molecule has 3 rings (SSSR count). The van der Waals surface area contributed by atoms with E-state index in [1.54, 1.807) is 18.2 Å². The Morgan fingerprint density at radius 2 is 1.56 bits per heavy atom. The summed E-state index contributed by atoms with van der Waals surface area (Å²) < 4.78 is 14.0.